The summed E-state index contributed by atoms with van der Waals surface area (Å²) in [5.74, 6) is 1.12. The molecule has 31 heavy (non-hydrogen) atoms. The maximum absolute atomic E-state index is 14.8. The highest BCUT2D eigenvalue weighted by Gasteiger charge is 2.15. The summed E-state index contributed by atoms with van der Waals surface area (Å²) in [6, 6.07) is 12.0. The molecule has 0 atom stereocenters. The van der Waals surface area contributed by atoms with Crippen LogP contribution in [0.2, 0.25) is 0 Å². The van der Waals surface area contributed by atoms with Crippen LogP contribution < -0.4 is 19.7 Å². The maximum Gasteiger partial charge on any atom is 0.228 e. The van der Waals surface area contributed by atoms with Crippen molar-refractivity contribution in [1.29, 1.82) is 0 Å². The lowest BCUT2D eigenvalue weighted by molar-refractivity contribution is -0.115. The van der Waals surface area contributed by atoms with Crippen molar-refractivity contribution in [2.24, 2.45) is 0 Å². The number of nitrogens with one attached hydrogen (secondary N) is 1. The summed E-state index contributed by atoms with van der Waals surface area (Å²) in [6.07, 6.45) is 0.119. The Morgan fingerprint density at radius 1 is 1.10 bits per heavy atom. The number of methoxy groups -OCH3 is 2. The molecule has 7 nitrogen and oxygen atoms in total. The molecule has 0 radical (unpaired) electrons. The first-order valence-electron chi connectivity index (χ1n) is 10.0. The quantitative estimate of drug-likeness (QED) is 0.653. The van der Waals surface area contributed by atoms with Gasteiger partial charge in [0.25, 0.3) is 0 Å². The van der Waals surface area contributed by atoms with Crippen LogP contribution in [-0.2, 0) is 16.0 Å². The zero-order valence-electron chi connectivity index (χ0n) is 17.5. The molecule has 1 saturated heterocycles. The van der Waals surface area contributed by atoms with Crippen molar-refractivity contribution in [2.45, 2.75) is 6.42 Å². The van der Waals surface area contributed by atoms with Gasteiger partial charge in [0.1, 0.15) is 11.3 Å². The van der Waals surface area contributed by atoms with E-state index in [2.05, 4.69) is 15.2 Å². The number of pyridine rings is 1. The van der Waals surface area contributed by atoms with Crippen molar-refractivity contribution in [1.82, 2.24) is 4.98 Å². The Balaban J connectivity index is 1.50. The molecular weight excluding hydrogens is 401 g/mol. The Kier molecular flexibility index (Phi) is 6.18. The predicted molar refractivity (Wildman–Crippen MR) is 117 cm³/mol. The number of nitrogens with zero attached hydrogens (tertiary/aromatic N) is 2. The number of ether oxygens (including phenoxy) is 3. The van der Waals surface area contributed by atoms with Crippen molar-refractivity contribution in [2.75, 3.05) is 50.7 Å². The molecule has 1 aliphatic rings. The van der Waals surface area contributed by atoms with E-state index < -0.39 is 5.82 Å². The summed E-state index contributed by atoms with van der Waals surface area (Å²) in [6.45, 7) is 2.72. The van der Waals surface area contributed by atoms with E-state index in [1.54, 1.807) is 31.4 Å². The number of rotatable bonds is 6. The lowest BCUT2D eigenvalue weighted by Gasteiger charge is -2.28. The standard InChI is InChI=1S/C23H24FN3O4/c1-29-19-5-3-15(11-20(19)30-2)12-22(28)25-17-13-16-4-6-21(26-23(16)18(24)14-17)27-7-9-31-10-8-27/h3-6,11,13-14H,7-10,12H2,1-2H3,(H,25,28). The number of halogens is 1. The first kappa shape index (κ1) is 20.9. The summed E-state index contributed by atoms with van der Waals surface area (Å²) in [5.41, 5.74) is 1.42. The van der Waals surface area contributed by atoms with Gasteiger partial charge < -0.3 is 24.4 Å². The van der Waals surface area contributed by atoms with E-state index in [1.165, 1.54) is 13.2 Å². The first-order valence-corrected chi connectivity index (χ1v) is 10.0. The number of benzene rings is 2. The van der Waals surface area contributed by atoms with Crippen LogP contribution in [0.3, 0.4) is 0 Å². The zero-order chi connectivity index (χ0) is 21.8. The van der Waals surface area contributed by atoms with Gasteiger partial charge in [-0.3, -0.25) is 4.79 Å². The molecule has 1 aromatic heterocycles. The molecule has 8 heteroatoms. The number of carbonyl (C=O) groups excluding carboxylic acids is 1. The highest BCUT2D eigenvalue weighted by atomic mass is 19.1. The number of hydrogen-bond donors (Lipinski definition) is 1. The highest BCUT2D eigenvalue weighted by molar-refractivity contribution is 5.95. The third-order valence-electron chi connectivity index (χ3n) is 5.16. The lowest BCUT2D eigenvalue weighted by Crippen LogP contribution is -2.36. The van der Waals surface area contributed by atoms with Gasteiger partial charge in [0, 0.05) is 24.2 Å². The van der Waals surface area contributed by atoms with Crippen LogP contribution in [0.5, 0.6) is 11.5 Å². The summed E-state index contributed by atoms with van der Waals surface area (Å²) < 4.78 is 30.6. The number of aromatic nitrogens is 1. The molecule has 0 aliphatic carbocycles. The number of anilines is 2. The Hall–Kier alpha value is -3.39. The SMILES string of the molecule is COc1ccc(CC(=O)Nc2cc(F)c3nc(N4CCOCC4)ccc3c2)cc1OC. The van der Waals surface area contributed by atoms with Crippen LogP contribution in [0.25, 0.3) is 10.9 Å². The maximum atomic E-state index is 14.8. The number of fused-ring (bicyclic) bond motifs is 1. The van der Waals surface area contributed by atoms with Crippen molar-refractivity contribution in [3.05, 3.63) is 53.8 Å². The third-order valence-corrected chi connectivity index (χ3v) is 5.16. The molecule has 1 N–H and O–H groups in total. The van der Waals surface area contributed by atoms with Gasteiger partial charge in [0.15, 0.2) is 17.3 Å². The van der Waals surface area contributed by atoms with E-state index in [1.807, 2.05) is 12.1 Å². The van der Waals surface area contributed by atoms with Gasteiger partial charge in [-0.05, 0) is 42.0 Å². The van der Waals surface area contributed by atoms with Crippen LogP contribution in [0.4, 0.5) is 15.9 Å². The third kappa shape index (κ3) is 4.69. The molecule has 1 aliphatic heterocycles. The van der Waals surface area contributed by atoms with E-state index >= 15 is 0 Å². The lowest BCUT2D eigenvalue weighted by atomic mass is 10.1. The largest absolute Gasteiger partial charge is 0.493 e. The second-order valence-corrected chi connectivity index (χ2v) is 7.21. The monoisotopic (exact) mass is 425 g/mol. The molecule has 3 aromatic rings. The van der Waals surface area contributed by atoms with Gasteiger partial charge in [-0.15, -0.1) is 0 Å². The molecule has 0 spiro atoms. The van der Waals surface area contributed by atoms with E-state index in [4.69, 9.17) is 14.2 Å². The fourth-order valence-electron chi connectivity index (χ4n) is 3.60. The minimum absolute atomic E-state index is 0.119. The van der Waals surface area contributed by atoms with Gasteiger partial charge >= 0.3 is 0 Å². The Labute approximate surface area is 179 Å². The number of morpholine rings is 1. The molecule has 0 saturated carbocycles. The topological polar surface area (TPSA) is 72.9 Å². The molecule has 0 unspecified atom stereocenters. The molecule has 2 aromatic carbocycles. The van der Waals surface area contributed by atoms with Gasteiger partial charge in [-0.1, -0.05) is 6.07 Å². The summed E-state index contributed by atoms with van der Waals surface area (Å²) >= 11 is 0. The van der Waals surface area contributed by atoms with Gasteiger partial charge in [0.2, 0.25) is 5.91 Å². The van der Waals surface area contributed by atoms with Crippen molar-refractivity contribution < 1.29 is 23.4 Å². The van der Waals surface area contributed by atoms with Crippen LogP contribution in [0.15, 0.2) is 42.5 Å². The first-order chi connectivity index (χ1) is 15.1. The highest BCUT2D eigenvalue weighted by Crippen LogP contribution is 2.28. The Bertz CT molecular complexity index is 1100. The Morgan fingerprint density at radius 2 is 1.87 bits per heavy atom. The van der Waals surface area contributed by atoms with E-state index in [9.17, 15) is 9.18 Å². The van der Waals surface area contributed by atoms with Crippen LogP contribution >= 0.6 is 0 Å². The van der Waals surface area contributed by atoms with Crippen LogP contribution in [-0.4, -0.2) is 51.4 Å². The van der Waals surface area contributed by atoms with Crippen molar-refractivity contribution in [3.8, 4) is 11.5 Å². The molecular formula is C23H24FN3O4. The van der Waals surface area contributed by atoms with E-state index in [0.717, 1.165) is 24.5 Å². The summed E-state index contributed by atoms with van der Waals surface area (Å²) in [4.78, 5) is 19.1. The average molecular weight is 425 g/mol. The fraction of sp³-hybridized carbons (Fsp3) is 0.304. The molecule has 2 heterocycles. The van der Waals surface area contributed by atoms with E-state index in [-0.39, 0.29) is 17.8 Å². The predicted octanol–water partition coefficient (Wildman–Crippen LogP) is 3.41. The number of carbonyl (C=O) groups is 1. The van der Waals surface area contributed by atoms with Crippen LogP contribution in [0, 0.1) is 5.82 Å². The second kappa shape index (κ2) is 9.18. The van der Waals surface area contributed by atoms with E-state index in [0.29, 0.717) is 35.8 Å². The minimum atomic E-state index is -0.478. The minimum Gasteiger partial charge on any atom is -0.493 e. The smallest absolute Gasteiger partial charge is 0.228 e. The fourth-order valence-corrected chi connectivity index (χ4v) is 3.60. The normalized spacial score (nSPS) is 13.8. The zero-order valence-corrected chi connectivity index (χ0v) is 17.5. The number of hydrogen-bond acceptors (Lipinski definition) is 6. The average Bonchev–Trinajstić information content (AvgIpc) is 2.79. The van der Waals surface area contributed by atoms with Gasteiger partial charge in [0.05, 0.1) is 33.9 Å². The molecule has 4 rings (SSSR count). The summed E-state index contributed by atoms with van der Waals surface area (Å²) in [5, 5.41) is 3.39. The van der Waals surface area contributed by atoms with Crippen LogP contribution in [0.1, 0.15) is 5.56 Å². The number of amides is 1. The van der Waals surface area contributed by atoms with Gasteiger partial charge in [-0.25, -0.2) is 9.37 Å². The second-order valence-electron chi connectivity index (χ2n) is 7.21. The van der Waals surface area contributed by atoms with Gasteiger partial charge in [-0.2, -0.15) is 0 Å². The van der Waals surface area contributed by atoms with Crippen molar-refractivity contribution in [3.63, 3.8) is 0 Å². The molecule has 162 valence electrons. The molecule has 1 amide bonds. The van der Waals surface area contributed by atoms with Crippen molar-refractivity contribution >= 4 is 28.3 Å². The molecule has 1 fully saturated rings. The molecule has 0 bridgehead atoms. The summed E-state index contributed by atoms with van der Waals surface area (Å²) in [7, 11) is 3.09. The Morgan fingerprint density at radius 3 is 2.61 bits per heavy atom.